The van der Waals surface area contributed by atoms with E-state index in [1.54, 1.807) is 113 Å². The number of amides is 1. The molecule has 11 rings (SSSR count). The third kappa shape index (κ3) is 17.6. The van der Waals surface area contributed by atoms with Crippen molar-refractivity contribution in [3.05, 3.63) is 181 Å². The van der Waals surface area contributed by atoms with Crippen LogP contribution in [-0.4, -0.2) is 101 Å². The minimum Gasteiger partial charge on any atom is -0.460 e. The maximum Gasteiger partial charge on any atom is 0.408 e. The number of sulfone groups is 2. The molecular formula is C72H78ClN11O11S2. The van der Waals surface area contributed by atoms with Crippen LogP contribution in [0, 0.1) is 0 Å². The topological polar surface area (TPSA) is 327 Å². The number of oxime groups is 1. The number of carbonyl (C=O) groups excluding carboxylic acids is 2. The lowest BCUT2D eigenvalue weighted by atomic mass is 9.96. The van der Waals surface area contributed by atoms with E-state index >= 15 is 0 Å². The smallest absolute Gasteiger partial charge is 0.408 e. The zero-order chi connectivity index (χ0) is 70.3. The summed E-state index contributed by atoms with van der Waals surface area (Å²) in [6.45, 7) is 23.4. The summed E-state index contributed by atoms with van der Waals surface area (Å²) in [6, 6.07) is 39.5. The van der Waals surface area contributed by atoms with Crippen LogP contribution in [0.3, 0.4) is 0 Å². The molecule has 506 valence electrons. The number of H-pyrrole nitrogens is 2. The van der Waals surface area contributed by atoms with Crippen molar-refractivity contribution >= 4 is 70.8 Å². The third-order valence-corrected chi connectivity index (χ3v) is 19.9. The molecule has 25 heteroatoms. The van der Waals surface area contributed by atoms with Crippen molar-refractivity contribution in [2.24, 2.45) is 10.9 Å². The van der Waals surface area contributed by atoms with Crippen LogP contribution in [0.5, 0.6) is 0 Å². The van der Waals surface area contributed by atoms with Gasteiger partial charge in [-0.05, 0) is 148 Å². The van der Waals surface area contributed by atoms with E-state index in [0.29, 0.717) is 67.8 Å². The van der Waals surface area contributed by atoms with Crippen LogP contribution in [0.25, 0.3) is 90.0 Å². The maximum atomic E-state index is 12.5. The van der Waals surface area contributed by atoms with Crippen molar-refractivity contribution in [1.82, 2.24) is 45.5 Å². The standard InChI is InChI=1S/C31H33N5O5S.C26H25N5O3S.C15H20ClNO3/c1-18(2)42(38,39)23-12-10-20(11-13-23)26-17-33-29-28(35-26)24(16-32-29)27-15-25(36-41-27)22-9-7-8-21(14-22)19(3)34-30(37)40-31(4,5)6;1-15(2)35(32,33)20-9-7-17(8-10-20)23-14-29-26-25(30-23)21(13-28-26)24-12-22(31-34-24)19-6-4-5-18(11-19)16(3)27;1-10(8-13(18)20-15(2,3)4)11-6-5-7-12(9-11)14(16)17-19/h7-19H,1-6H3,(H,32,33)(H,34,37);4-16H,27H2,1-3H3,(H,28,29);5-7,9-10,19H,8H2,1-4H3. The highest BCUT2D eigenvalue weighted by Gasteiger charge is 2.25. The molecule has 5 aromatic carbocycles. The molecular weight excluding hydrogens is 1290 g/mol. The summed E-state index contributed by atoms with van der Waals surface area (Å²) in [4.78, 5) is 49.4. The van der Waals surface area contributed by atoms with E-state index in [1.807, 2.05) is 135 Å². The number of aromatic nitrogens is 8. The van der Waals surface area contributed by atoms with E-state index in [1.165, 1.54) is 0 Å². The Labute approximate surface area is 568 Å². The van der Waals surface area contributed by atoms with Crippen molar-refractivity contribution in [1.29, 1.82) is 0 Å². The van der Waals surface area contributed by atoms with Crippen molar-refractivity contribution in [2.45, 2.75) is 146 Å². The summed E-state index contributed by atoms with van der Waals surface area (Å²) in [5.41, 5.74) is 18.0. The average molecular weight is 1370 g/mol. The van der Waals surface area contributed by atoms with Gasteiger partial charge < -0.3 is 44.7 Å². The minimum absolute atomic E-state index is 0.00652. The van der Waals surface area contributed by atoms with Gasteiger partial charge in [-0.3, -0.25) is 4.79 Å². The molecule has 11 aromatic rings. The van der Waals surface area contributed by atoms with Crippen LogP contribution in [0.2, 0.25) is 0 Å². The Morgan fingerprint density at radius 3 is 1.47 bits per heavy atom. The predicted octanol–water partition coefficient (Wildman–Crippen LogP) is 15.8. The number of esters is 1. The van der Waals surface area contributed by atoms with Crippen LogP contribution in [0.1, 0.15) is 137 Å². The van der Waals surface area contributed by atoms with Crippen LogP contribution in [-0.2, 0) is 33.9 Å². The number of hydrogen-bond donors (Lipinski definition) is 5. The number of alkyl carbamates (subject to hydrolysis) is 1. The van der Waals surface area contributed by atoms with Gasteiger partial charge in [-0.15, -0.1) is 0 Å². The molecule has 0 saturated heterocycles. The highest BCUT2D eigenvalue weighted by molar-refractivity contribution is 7.92. The van der Waals surface area contributed by atoms with Gasteiger partial charge in [0.2, 0.25) is 0 Å². The van der Waals surface area contributed by atoms with Crippen molar-refractivity contribution in [2.75, 3.05) is 0 Å². The molecule has 0 bridgehead atoms. The first-order chi connectivity index (χ1) is 45.8. The second kappa shape index (κ2) is 29.6. The number of ether oxygens (including phenoxy) is 2. The van der Waals surface area contributed by atoms with Crippen molar-refractivity contribution < 1.29 is 50.2 Å². The molecule has 0 aliphatic carbocycles. The fraction of sp³-hybridized carbons (Fsp3) is 0.292. The number of benzene rings is 5. The molecule has 0 saturated carbocycles. The number of rotatable bonds is 17. The first kappa shape index (κ1) is 71.4. The molecule has 0 fully saturated rings. The molecule has 6 heterocycles. The summed E-state index contributed by atoms with van der Waals surface area (Å²) in [5, 5.41) is 22.0. The number of nitrogens with one attached hydrogen (secondary N) is 3. The normalized spacial score (nSPS) is 13.1. The fourth-order valence-corrected chi connectivity index (χ4v) is 12.2. The van der Waals surface area contributed by atoms with Crippen LogP contribution < -0.4 is 11.1 Å². The molecule has 0 aliphatic rings. The summed E-state index contributed by atoms with van der Waals surface area (Å²) in [6.07, 6.45) is 6.64. The van der Waals surface area contributed by atoms with E-state index in [4.69, 9.17) is 51.0 Å². The average Bonchev–Trinajstić information content (AvgIpc) is 1.69. The lowest BCUT2D eigenvalue weighted by molar-refractivity contribution is -0.155. The van der Waals surface area contributed by atoms with E-state index < -0.39 is 47.5 Å². The van der Waals surface area contributed by atoms with Gasteiger partial charge in [0.1, 0.15) is 33.6 Å². The number of hydrogen-bond acceptors (Lipinski definition) is 19. The van der Waals surface area contributed by atoms with Gasteiger partial charge in [0, 0.05) is 58.4 Å². The Balaban J connectivity index is 0.000000181. The molecule has 1 amide bonds. The number of nitrogens with zero attached hydrogens (tertiary/aromatic N) is 7. The van der Waals surface area contributed by atoms with E-state index in [9.17, 15) is 26.4 Å². The SMILES string of the molecule is CC(CC(=O)OC(C)(C)C)c1cccc(C(Cl)=NO)c1.CC(N)c1cccc(-c2cc(-c3c[nH]c4ncc(-c5ccc(S(=O)(=O)C(C)C)cc5)nc34)on2)c1.CC(NC(=O)OC(C)(C)C)c1cccc(-c2cc(-c3c[nH]c4ncc(-c5ccc(S(=O)(=O)C(C)C)cc5)nc34)on2)c1. The second-order valence-corrected chi connectivity index (χ2v) is 31.2. The molecule has 0 spiro atoms. The Bertz CT molecular complexity index is 4870. The lowest BCUT2D eigenvalue weighted by Gasteiger charge is -2.22. The zero-order valence-corrected chi connectivity index (χ0v) is 58.4. The summed E-state index contributed by atoms with van der Waals surface area (Å²) in [5.74, 6) is 0.818. The van der Waals surface area contributed by atoms with E-state index in [2.05, 4.69) is 40.7 Å². The highest BCUT2D eigenvalue weighted by atomic mass is 35.5. The number of halogens is 1. The summed E-state index contributed by atoms with van der Waals surface area (Å²) < 4.78 is 71.9. The van der Waals surface area contributed by atoms with Gasteiger partial charge in [-0.1, -0.05) is 113 Å². The van der Waals surface area contributed by atoms with Crippen molar-refractivity contribution in [3.8, 4) is 67.7 Å². The molecule has 0 aliphatic heterocycles. The zero-order valence-electron chi connectivity index (χ0n) is 56.0. The van der Waals surface area contributed by atoms with Crippen LogP contribution >= 0.6 is 11.6 Å². The van der Waals surface area contributed by atoms with Gasteiger partial charge >= 0.3 is 12.1 Å². The molecule has 3 unspecified atom stereocenters. The largest absolute Gasteiger partial charge is 0.460 e. The fourth-order valence-electron chi connectivity index (χ4n) is 9.99. The number of fused-ring (bicyclic) bond motifs is 2. The summed E-state index contributed by atoms with van der Waals surface area (Å²) >= 11 is 5.77. The Kier molecular flexibility index (Phi) is 21.8. The molecule has 6 N–H and O–H groups in total. The van der Waals surface area contributed by atoms with E-state index in [-0.39, 0.29) is 45.4 Å². The maximum absolute atomic E-state index is 12.5. The van der Waals surface area contributed by atoms with Gasteiger partial charge in [0.05, 0.1) is 67.7 Å². The van der Waals surface area contributed by atoms with Gasteiger partial charge in [0.15, 0.2) is 47.7 Å². The van der Waals surface area contributed by atoms with Gasteiger partial charge in [0.25, 0.3) is 0 Å². The number of nitrogens with two attached hydrogens (primary N) is 1. The van der Waals surface area contributed by atoms with Crippen LogP contribution in [0.15, 0.2) is 182 Å². The lowest BCUT2D eigenvalue weighted by Crippen LogP contribution is -2.34. The van der Waals surface area contributed by atoms with E-state index in [0.717, 1.165) is 44.5 Å². The van der Waals surface area contributed by atoms with Gasteiger partial charge in [-0.2, -0.15) is 0 Å². The molecule has 22 nitrogen and oxygen atoms in total. The molecule has 97 heavy (non-hydrogen) atoms. The number of carbonyl (C=O) groups is 2. The Hall–Kier alpha value is -9.88. The van der Waals surface area contributed by atoms with Crippen molar-refractivity contribution in [3.63, 3.8) is 0 Å². The Morgan fingerprint density at radius 2 is 1.03 bits per heavy atom. The Morgan fingerprint density at radius 1 is 0.588 bits per heavy atom. The quantitative estimate of drug-likeness (QED) is 0.0245. The first-order valence-corrected chi connectivity index (χ1v) is 34.7. The molecule has 0 radical (unpaired) electrons. The first-order valence-electron chi connectivity index (χ1n) is 31.2. The van der Waals surface area contributed by atoms with Gasteiger partial charge in [-0.25, -0.2) is 41.6 Å². The monoisotopic (exact) mass is 1370 g/mol. The molecule has 6 aromatic heterocycles. The molecule has 3 atom stereocenters. The predicted molar refractivity (Wildman–Crippen MR) is 375 cm³/mol. The van der Waals surface area contributed by atoms with Crippen LogP contribution in [0.4, 0.5) is 4.79 Å². The number of aromatic amines is 2. The third-order valence-electron chi connectivity index (χ3n) is 15.3. The summed E-state index contributed by atoms with van der Waals surface area (Å²) in [7, 11) is -6.71. The second-order valence-electron chi connectivity index (χ2n) is 25.8. The highest BCUT2D eigenvalue weighted by Crippen LogP contribution is 2.35. The minimum atomic E-state index is -3.37.